The predicted octanol–water partition coefficient (Wildman–Crippen LogP) is 4.29. The Hall–Kier alpha value is -1.85. The van der Waals surface area contributed by atoms with Crippen LogP contribution in [0.1, 0.15) is 0 Å². The van der Waals surface area contributed by atoms with Gasteiger partial charge in [0.05, 0.1) is 10.7 Å². The van der Waals surface area contributed by atoms with Crippen LogP contribution in [0.25, 0.3) is 0 Å². The molecule has 2 aromatic carbocycles. The van der Waals surface area contributed by atoms with Crippen LogP contribution >= 0.6 is 23.2 Å². The molecule has 0 aliphatic rings. The topological polar surface area (TPSA) is 38.3 Å². The Morgan fingerprint density at radius 3 is 2.62 bits per heavy atom. The van der Waals surface area contributed by atoms with Crippen molar-refractivity contribution in [1.29, 1.82) is 0 Å². The molecule has 21 heavy (non-hydrogen) atoms. The van der Waals surface area contributed by atoms with Gasteiger partial charge in [0.25, 0.3) is 5.91 Å². The standard InChI is InChI=1S/C14H9Cl2F2NO2/c15-8-1-3-10(16)13(5-8)21-7-14(20)19-12-4-2-9(17)6-11(12)18/h1-6H,7H2,(H,19,20). The van der Waals surface area contributed by atoms with Crippen molar-refractivity contribution in [1.82, 2.24) is 0 Å². The molecule has 0 atom stereocenters. The van der Waals surface area contributed by atoms with Crippen molar-refractivity contribution in [2.24, 2.45) is 0 Å². The lowest BCUT2D eigenvalue weighted by Gasteiger charge is -2.09. The van der Waals surface area contributed by atoms with Crippen molar-refractivity contribution in [3.8, 4) is 5.75 Å². The van der Waals surface area contributed by atoms with Gasteiger partial charge >= 0.3 is 0 Å². The molecule has 7 heteroatoms. The van der Waals surface area contributed by atoms with Crippen LogP contribution in [0.5, 0.6) is 5.75 Å². The lowest BCUT2D eigenvalue weighted by molar-refractivity contribution is -0.118. The highest BCUT2D eigenvalue weighted by Gasteiger charge is 2.10. The first-order valence-corrected chi connectivity index (χ1v) is 6.54. The van der Waals surface area contributed by atoms with Gasteiger partial charge in [-0.05, 0) is 24.3 Å². The first-order valence-electron chi connectivity index (χ1n) is 5.78. The van der Waals surface area contributed by atoms with Gasteiger partial charge in [-0.2, -0.15) is 0 Å². The second-order valence-corrected chi connectivity index (χ2v) is 4.88. The Labute approximate surface area is 129 Å². The number of benzene rings is 2. The van der Waals surface area contributed by atoms with Gasteiger partial charge in [0.2, 0.25) is 0 Å². The molecule has 0 bridgehead atoms. The Kier molecular flexibility index (Phi) is 4.98. The van der Waals surface area contributed by atoms with Crippen molar-refractivity contribution < 1.29 is 18.3 Å². The minimum Gasteiger partial charge on any atom is -0.482 e. The SMILES string of the molecule is O=C(COc1cc(Cl)ccc1Cl)Nc1ccc(F)cc1F. The summed E-state index contributed by atoms with van der Waals surface area (Å²) >= 11 is 11.6. The van der Waals surface area contributed by atoms with E-state index in [2.05, 4.69) is 5.32 Å². The highest BCUT2D eigenvalue weighted by molar-refractivity contribution is 6.34. The van der Waals surface area contributed by atoms with Crippen LogP contribution in [0.2, 0.25) is 10.0 Å². The second-order valence-electron chi connectivity index (χ2n) is 4.04. The zero-order valence-corrected chi connectivity index (χ0v) is 12.0. The zero-order chi connectivity index (χ0) is 15.4. The number of hydrogen-bond acceptors (Lipinski definition) is 2. The van der Waals surface area contributed by atoms with E-state index in [1.807, 2.05) is 0 Å². The molecule has 0 unspecified atom stereocenters. The molecule has 0 aliphatic heterocycles. The van der Waals surface area contributed by atoms with Crippen LogP contribution in [-0.2, 0) is 4.79 Å². The molecule has 0 aromatic heterocycles. The van der Waals surface area contributed by atoms with Gasteiger partial charge in [-0.25, -0.2) is 8.78 Å². The van der Waals surface area contributed by atoms with Gasteiger partial charge < -0.3 is 10.1 Å². The Bertz CT molecular complexity index is 680. The minimum absolute atomic E-state index is 0.137. The van der Waals surface area contributed by atoms with Gasteiger partial charge in [0, 0.05) is 17.2 Å². The molecule has 0 fully saturated rings. The van der Waals surface area contributed by atoms with E-state index in [-0.39, 0.29) is 11.4 Å². The summed E-state index contributed by atoms with van der Waals surface area (Å²) in [6, 6.07) is 7.38. The fourth-order valence-electron chi connectivity index (χ4n) is 1.51. The number of anilines is 1. The summed E-state index contributed by atoms with van der Waals surface area (Å²) in [6.07, 6.45) is 0. The first-order chi connectivity index (χ1) is 9.95. The molecule has 110 valence electrons. The van der Waals surface area contributed by atoms with Gasteiger partial charge in [0.1, 0.15) is 17.4 Å². The first kappa shape index (κ1) is 15.5. The smallest absolute Gasteiger partial charge is 0.262 e. The third-order valence-corrected chi connectivity index (χ3v) is 3.00. The van der Waals surface area contributed by atoms with Gasteiger partial charge in [-0.15, -0.1) is 0 Å². The van der Waals surface area contributed by atoms with Crippen molar-refractivity contribution in [3.05, 3.63) is 58.1 Å². The van der Waals surface area contributed by atoms with E-state index in [1.165, 1.54) is 12.1 Å². The molecule has 0 radical (unpaired) electrons. The maximum atomic E-state index is 13.4. The number of carbonyl (C=O) groups is 1. The van der Waals surface area contributed by atoms with E-state index in [4.69, 9.17) is 27.9 Å². The predicted molar refractivity (Wildman–Crippen MR) is 76.9 cm³/mol. The fraction of sp³-hybridized carbons (Fsp3) is 0.0714. The molecule has 2 aromatic rings. The number of amides is 1. The quantitative estimate of drug-likeness (QED) is 0.907. The minimum atomic E-state index is -0.871. The average molecular weight is 332 g/mol. The number of hydrogen-bond donors (Lipinski definition) is 1. The van der Waals surface area contributed by atoms with Gasteiger partial charge in [-0.3, -0.25) is 4.79 Å². The summed E-state index contributed by atoms with van der Waals surface area (Å²) in [5.74, 6) is -1.98. The summed E-state index contributed by atoms with van der Waals surface area (Å²) in [5.41, 5.74) is -0.137. The van der Waals surface area contributed by atoms with Crippen molar-refractivity contribution >= 4 is 34.8 Å². The average Bonchev–Trinajstić information content (AvgIpc) is 2.43. The Morgan fingerprint density at radius 2 is 1.90 bits per heavy atom. The highest BCUT2D eigenvalue weighted by atomic mass is 35.5. The number of nitrogens with one attached hydrogen (secondary N) is 1. The normalized spacial score (nSPS) is 10.3. The van der Waals surface area contributed by atoms with E-state index < -0.39 is 24.1 Å². The number of ether oxygens (including phenoxy) is 1. The molecule has 2 rings (SSSR count). The summed E-state index contributed by atoms with van der Waals surface area (Å²) in [7, 11) is 0. The third-order valence-electron chi connectivity index (χ3n) is 2.46. The zero-order valence-electron chi connectivity index (χ0n) is 10.5. The number of carbonyl (C=O) groups excluding carboxylic acids is 1. The molecular weight excluding hydrogens is 323 g/mol. The van der Waals surface area contributed by atoms with Crippen LogP contribution in [0, 0.1) is 11.6 Å². The maximum absolute atomic E-state index is 13.4. The molecule has 0 spiro atoms. The van der Waals surface area contributed by atoms with Crippen LogP contribution in [0.15, 0.2) is 36.4 Å². The Balaban J connectivity index is 1.97. The fourth-order valence-corrected chi connectivity index (χ4v) is 1.84. The van der Waals surface area contributed by atoms with Crippen molar-refractivity contribution in [2.45, 2.75) is 0 Å². The summed E-state index contributed by atoms with van der Waals surface area (Å²) < 4.78 is 31.3. The largest absolute Gasteiger partial charge is 0.482 e. The molecule has 0 heterocycles. The number of halogens is 4. The van der Waals surface area contributed by atoms with Crippen molar-refractivity contribution in [3.63, 3.8) is 0 Å². The summed E-state index contributed by atoms with van der Waals surface area (Å²) in [4.78, 5) is 11.6. The lowest BCUT2D eigenvalue weighted by atomic mass is 10.3. The molecule has 0 aliphatic carbocycles. The molecule has 3 nitrogen and oxygen atoms in total. The van der Waals surface area contributed by atoms with E-state index in [1.54, 1.807) is 6.07 Å². The molecule has 0 saturated heterocycles. The van der Waals surface area contributed by atoms with Crippen molar-refractivity contribution in [2.75, 3.05) is 11.9 Å². The van der Waals surface area contributed by atoms with Gasteiger partial charge in [0.15, 0.2) is 6.61 Å². The van der Waals surface area contributed by atoms with Crippen LogP contribution in [0.4, 0.5) is 14.5 Å². The van der Waals surface area contributed by atoms with Gasteiger partial charge in [-0.1, -0.05) is 23.2 Å². The second kappa shape index (κ2) is 6.74. The molecule has 0 saturated carbocycles. The highest BCUT2D eigenvalue weighted by Crippen LogP contribution is 2.27. The maximum Gasteiger partial charge on any atom is 0.262 e. The Morgan fingerprint density at radius 1 is 1.14 bits per heavy atom. The summed E-state index contributed by atoms with van der Waals surface area (Å²) in [5, 5.41) is 2.95. The molecular formula is C14H9Cl2F2NO2. The monoisotopic (exact) mass is 331 g/mol. The van der Waals surface area contributed by atoms with E-state index >= 15 is 0 Å². The molecule has 1 N–H and O–H groups in total. The van der Waals surface area contributed by atoms with E-state index in [0.29, 0.717) is 16.1 Å². The number of rotatable bonds is 4. The van der Waals surface area contributed by atoms with E-state index in [0.717, 1.165) is 12.1 Å². The third kappa shape index (κ3) is 4.31. The van der Waals surface area contributed by atoms with E-state index in [9.17, 15) is 13.6 Å². The lowest BCUT2D eigenvalue weighted by Crippen LogP contribution is -2.20. The van der Waals surface area contributed by atoms with Crippen LogP contribution < -0.4 is 10.1 Å². The van der Waals surface area contributed by atoms with Crippen LogP contribution in [0.3, 0.4) is 0 Å². The van der Waals surface area contributed by atoms with Crippen LogP contribution in [-0.4, -0.2) is 12.5 Å². The molecule has 1 amide bonds. The summed E-state index contributed by atoms with van der Waals surface area (Å²) in [6.45, 7) is -0.392.